The Hall–Kier alpha value is -1.86. The Morgan fingerprint density at radius 3 is 2.21 bits per heavy atom. The molecule has 1 aliphatic rings. The lowest BCUT2D eigenvalue weighted by Crippen LogP contribution is -2.43. The van der Waals surface area contributed by atoms with Crippen molar-refractivity contribution in [1.82, 2.24) is 14.8 Å². The van der Waals surface area contributed by atoms with Crippen LogP contribution in [0, 0.1) is 0 Å². The van der Waals surface area contributed by atoms with Gasteiger partial charge < -0.3 is 20.1 Å². The van der Waals surface area contributed by atoms with E-state index in [1.807, 2.05) is 6.20 Å². The molecule has 0 unspecified atom stereocenters. The number of carboxylic acid groups (broad SMARTS) is 2. The second-order valence-electron chi connectivity index (χ2n) is 4.39. The number of nitrogens with one attached hydrogen (secondary N) is 1. The molecular formula is C12H19N3O4. The lowest BCUT2D eigenvalue weighted by molar-refractivity contribution is -0.159. The van der Waals surface area contributed by atoms with E-state index in [2.05, 4.69) is 34.0 Å². The van der Waals surface area contributed by atoms with E-state index in [-0.39, 0.29) is 0 Å². The van der Waals surface area contributed by atoms with Gasteiger partial charge in [-0.1, -0.05) is 0 Å². The number of carbonyl (C=O) groups is 2. The molecule has 1 aromatic heterocycles. The molecule has 7 heteroatoms. The third-order valence-electron chi connectivity index (χ3n) is 2.84. The molecule has 106 valence electrons. The number of aromatic amines is 1. The van der Waals surface area contributed by atoms with Gasteiger partial charge in [0, 0.05) is 44.6 Å². The van der Waals surface area contributed by atoms with Crippen molar-refractivity contribution in [3.63, 3.8) is 0 Å². The van der Waals surface area contributed by atoms with Crippen molar-refractivity contribution in [1.29, 1.82) is 0 Å². The van der Waals surface area contributed by atoms with Crippen LogP contribution >= 0.6 is 0 Å². The summed E-state index contributed by atoms with van der Waals surface area (Å²) in [5.41, 5.74) is 1.32. The molecule has 2 rings (SSSR count). The van der Waals surface area contributed by atoms with Gasteiger partial charge in [0.15, 0.2) is 0 Å². The smallest absolute Gasteiger partial charge is 0.414 e. The number of H-pyrrole nitrogens is 1. The number of carboxylic acids is 2. The van der Waals surface area contributed by atoms with Crippen LogP contribution in [-0.2, 0) is 16.1 Å². The third kappa shape index (κ3) is 6.03. The molecule has 0 aliphatic carbocycles. The molecule has 1 aromatic rings. The van der Waals surface area contributed by atoms with Gasteiger partial charge in [0.1, 0.15) is 0 Å². The average molecular weight is 269 g/mol. The van der Waals surface area contributed by atoms with Crippen LogP contribution in [0.2, 0.25) is 0 Å². The zero-order valence-electron chi connectivity index (χ0n) is 10.9. The number of aromatic nitrogens is 1. The van der Waals surface area contributed by atoms with Crippen molar-refractivity contribution in [3.05, 3.63) is 24.0 Å². The molecule has 1 saturated heterocycles. The monoisotopic (exact) mass is 269 g/mol. The van der Waals surface area contributed by atoms with Crippen molar-refractivity contribution in [3.8, 4) is 0 Å². The summed E-state index contributed by atoms with van der Waals surface area (Å²) in [5, 5.41) is 14.8. The molecule has 19 heavy (non-hydrogen) atoms. The molecule has 0 saturated carbocycles. The molecule has 0 atom stereocenters. The van der Waals surface area contributed by atoms with Gasteiger partial charge >= 0.3 is 11.9 Å². The number of piperazine rings is 1. The van der Waals surface area contributed by atoms with Crippen LogP contribution < -0.4 is 0 Å². The van der Waals surface area contributed by atoms with Gasteiger partial charge in [-0.15, -0.1) is 0 Å². The number of hydrogen-bond donors (Lipinski definition) is 3. The average Bonchev–Trinajstić information content (AvgIpc) is 2.85. The molecule has 0 spiro atoms. The molecule has 0 radical (unpaired) electrons. The van der Waals surface area contributed by atoms with Crippen molar-refractivity contribution in [2.24, 2.45) is 0 Å². The molecule has 3 N–H and O–H groups in total. The Kier molecular flexibility index (Phi) is 6.04. The second kappa shape index (κ2) is 7.55. The SMILES string of the molecule is CN1CCN(Cc2ccc[nH]2)CC1.O=C(O)C(=O)O. The first-order valence-corrected chi connectivity index (χ1v) is 5.98. The summed E-state index contributed by atoms with van der Waals surface area (Å²) in [6.45, 7) is 5.84. The molecule has 0 aromatic carbocycles. The molecule has 1 aliphatic heterocycles. The molecule has 1 fully saturated rings. The largest absolute Gasteiger partial charge is 0.473 e. The summed E-state index contributed by atoms with van der Waals surface area (Å²) in [7, 11) is 2.19. The molecular weight excluding hydrogens is 250 g/mol. The van der Waals surface area contributed by atoms with Gasteiger partial charge in [0.2, 0.25) is 0 Å². The number of nitrogens with zero attached hydrogens (tertiary/aromatic N) is 2. The summed E-state index contributed by atoms with van der Waals surface area (Å²) in [4.78, 5) is 26.3. The van der Waals surface area contributed by atoms with Crippen LogP contribution in [0.5, 0.6) is 0 Å². The lowest BCUT2D eigenvalue weighted by Gasteiger charge is -2.31. The van der Waals surface area contributed by atoms with Crippen LogP contribution in [0.15, 0.2) is 18.3 Å². The molecule has 7 nitrogen and oxygen atoms in total. The Balaban J connectivity index is 0.000000258. The maximum absolute atomic E-state index is 9.10. The highest BCUT2D eigenvalue weighted by molar-refractivity contribution is 6.27. The van der Waals surface area contributed by atoms with Crippen LogP contribution in [-0.4, -0.2) is 70.2 Å². The highest BCUT2D eigenvalue weighted by Crippen LogP contribution is 2.05. The van der Waals surface area contributed by atoms with E-state index in [0.29, 0.717) is 0 Å². The standard InChI is InChI=1S/C10H17N3.C2H2O4/c1-12-5-7-13(8-6-12)9-10-3-2-4-11-10;3-1(4)2(5)6/h2-4,11H,5-9H2,1H3;(H,3,4)(H,5,6). The molecule has 0 bridgehead atoms. The fourth-order valence-electron chi connectivity index (χ4n) is 1.71. The Labute approximate surface area is 111 Å². The van der Waals surface area contributed by atoms with Crippen molar-refractivity contribution in [2.75, 3.05) is 33.2 Å². The van der Waals surface area contributed by atoms with E-state index >= 15 is 0 Å². The van der Waals surface area contributed by atoms with Gasteiger partial charge in [-0.3, -0.25) is 4.90 Å². The van der Waals surface area contributed by atoms with Crippen LogP contribution in [0.1, 0.15) is 5.69 Å². The minimum absolute atomic E-state index is 1.07. The summed E-state index contributed by atoms with van der Waals surface area (Å²) in [5.74, 6) is -3.65. The predicted molar refractivity (Wildman–Crippen MR) is 68.8 cm³/mol. The summed E-state index contributed by atoms with van der Waals surface area (Å²) >= 11 is 0. The van der Waals surface area contributed by atoms with Crippen LogP contribution in [0.4, 0.5) is 0 Å². The number of hydrogen-bond acceptors (Lipinski definition) is 4. The first-order chi connectivity index (χ1) is 8.99. The minimum Gasteiger partial charge on any atom is -0.473 e. The zero-order valence-corrected chi connectivity index (χ0v) is 10.9. The van der Waals surface area contributed by atoms with E-state index in [1.54, 1.807) is 0 Å². The minimum atomic E-state index is -1.82. The predicted octanol–water partition coefficient (Wildman–Crippen LogP) is -0.0823. The second-order valence-corrected chi connectivity index (χ2v) is 4.39. The van der Waals surface area contributed by atoms with E-state index < -0.39 is 11.9 Å². The third-order valence-corrected chi connectivity index (χ3v) is 2.84. The topological polar surface area (TPSA) is 96.9 Å². The van der Waals surface area contributed by atoms with E-state index in [1.165, 1.54) is 31.9 Å². The quantitative estimate of drug-likeness (QED) is 0.650. The van der Waals surface area contributed by atoms with E-state index in [0.717, 1.165) is 6.54 Å². The van der Waals surface area contributed by atoms with Crippen molar-refractivity contribution in [2.45, 2.75) is 6.54 Å². The van der Waals surface area contributed by atoms with Gasteiger partial charge in [-0.05, 0) is 19.2 Å². The van der Waals surface area contributed by atoms with Gasteiger partial charge in [0.25, 0.3) is 0 Å². The number of aliphatic carboxylic acids is 2. The highest BCUT2D eigenvalue weighted by Gasteiger charge is 2.13. The first-order valence-electron chi connectivity index (χ1n) is 5.98. The summed E-state index contributed by atoms with van der Waals surface area (Å²) in [6, 6.07) is 4.21. The maximum Gasteiger partial charge on any atom is 0.414 e. The summed E-state index contributed by atoms with van der Waals surface area (Å²) in [6.07, 6.45) is 1.99. The van der Waals surface area contributed by atoms with Crippen LogP contribution in [0.25, 0.3) is 0 Å². The maximum atomic E-state index is 9.10. The Bertz CT molecular complexity index is 385. The lowest BCUT2D eigenvalue weighted by atomic mass is 10.3. The van der Waals surface area contributed by atoms with E-state index in [4.69, 9.17) is 19.8 Å². The van der Waals surface area contributed by atoms with Crippen molar-refractivity contribution < 1.29 is 19.8 Å². The normalized spacial score (nSPS) is 16.5. The first kappa shape index (κ1) is 15.2. The van der Waals surface area contributed by atoms with Crippen molar-refractivity contribution >= 4 is 11.9 Å². The van der Waals surface area contributed by atoms with Gasteiger partial charge in [0.05, 0.1) is 0 Å². The summed E-state index contributed by atoms with van der Waals surface area (Å²) < 4.78 is 0. The molecule has 2 heterocycles. The Morgan fingerprint density at radius 2 is 1.79 bits per heavy atom. The fourth-order valence-corrected chi connectivity index (χ4v) is 1.71. The van der Waals surface area contributed by atoms with Gasteiger partial charge in [-0.2, -0.15) is 0 Å². The van der Waals surface area contributed by atoms with E-state index in [9.17, 15) is 0 Å². The van der Waals surface area contributed by atoms with Gasteiger partial charge in [-0.25, -0.2) is 9.59 Å². The fraction of sp³-hybridized carbons (Fsp3) is 0.500. The number of likely N-dealkylation sites (N-methyl/N-ethyl adjacent to an activating group) is 1. The molecule has 0 amide bonds. The zero-order chi connectivity index (χ0) is 14.3. The number of rotatable bonds is 2. The highest BCUT2D eigenvalue weighted by atomic mass is 16.4. The van der Waals surface area contributed by atoms with Crippen LogP contribution in [0.3, 0.4) is 0 Å². The Morgan fingerprint density at radius 1 is 1.21 bits per heavy atom.